The first-order valence-corrected chi connectivity index (χ1v) is 5.33. The minimum atomic E-state index is -0.446. The minimum Gasteiger partial charge on any atom is -0.428 e. The minimum absolute atomic E-state index is 0.184. The van der Waals surface area contributed by atoms with E-state index in [9.17, 15) is 9.59 Å². The summed E-state index contributed by atoms with van der Waals surface area (Å²) in [5.41, 5.74) is 10.3. The first-order chi connectivity index (χ1) is 8.20. The zero-order valence-corrected chi connectivity index (χ0v) is 9.74. The smallest absolute Gasteiger partial charge is 0.309 e. The zero-order valence-electron chi connectivity index (χ0n) is 9.74. The molecule has 0 bridgehead atoms. The van der Waals surface area contributed by atoms with Gasteiger partial charge < -0.3 is 31.6 Å². The van der Waals surface area contributed by atoms with Gasteiger partial charge in [0.05, 0.1) is 12.8 Å². The Morgan fingerprint density at radius 1 is 0.882 bits per heavy atom. The number of hydrogen-bond acceptors (Lipinski definition) is 8. The van der Waals surface area contributed by atoms with E-state index in [0.717, 1.165) is 0 Å². The van der Waals surface area contributed by atoms with Gasteiger partial charge in [0.1, 0.15) is 0 Å². The van der Waals surface area contributed by atoms with Gasteiger partial charge in [-0.2, -0.15) is 0 Å². The number of ether oxygens (including phenoxy) is 2. The number of nitrogens with two attached hydrogens (primary N) is 2. The third kappa shape index (κ3) is 11.1. The summed E-state index contributed by atoms with van der Waals surface area (Å²) in [6, 6.07) is 0. The van der Waals surface area contributed by atoms with Crippen LogP contribution < -0.4 is 22.1 Å². The van der Waals surface area contributed by atoms with Gasteiger partial charge in [0, 0.05) is 26.4 Å². The topological polar surface area (TPSA) is 129 Å². The second-order valence-electron chi connectivity index (χ2n) is 3.06. The molecule has 0 aliphatic carbocycles. The highest BCUT2D eigenvalue weighted by Gasteiger charge is 2.05. The third-order valence-corrected chi connectivity index (χ3v) is 1.74. The molecule has 0 aromatic heterocycles. The lowest BCUT2D eigenvalue weighted by Crippen LogP contribution is -2.26. The number of carbonyl (C=O) groups is 2. The van der Waals surface area contributed by atoms with Crippen molar-refractivity contribution in [3.8, 4) is 0 Å². The van der Waals surface area contributed by atoms with Crippen molar-refractivity contribution < 1.29 is 19.1 Å². The molecular formula is C9H20N4O4. The van der Waals surface area contributed by atoms with Gasteiger partial charge >= 0.3 is 11.9 Å². The molecule has 0 amide bonds. The molecule has 0 spiro atoms. The molecule has 0 heterocycles. The number of hydrogen-bond donors (Lipinski definition) is 4. The molecule has 100 valence electrons. The fourth-order valence-electron chi connectivity index (χ4n) is 0.890. The van der Waals surface area contributed by atoms with Crippen molar-refractivity contribution in [1.29, 1.82) is 0 Å². The van der Waals surface area contributed by atoms with Gasteiger partial charge in [0.15, 0.2) is 0 Å². The summed E-state index contributed by atoms with van der Waals surface area (Å²) in [7, 11) is 0. The van der Waals surface area contributed by atoms with Crippen LogP contribution in [-0.4, -0.2) is 45.2 Å². The van der Waals surface area contributed by atoms with Gasteiger partial charge in [-0.25, -0.2) is 0 Å². The Balaban J connectivity index is 3.36. The van der Waals surface area contributed by atoms with Crippen molar-refractivity contribution in [2.75, 3.05) is 33.2 Å². The average molecular weight is 248 g/mol. The van der Waals surface area contributed by atoms with Crippen molar-refractivity contribution >= 4 is 11.9 Å². The van der Waals surface area contributed by atoms with Crippen LogP contribution in [0.25, 0.3) is 0 Å². The highest BCUT2D eigenvalue weighted by molar-refractivity contribution is 5.71. The fraction of sp³-hybridized carbons (Fsp3) is 0.778. The van der Waals surface area contributed by atoms with Crippen molar-refractivity contribution in [3.05, 3.63) is 0 Å². The van der Waals surface area contributed by atoms with E-state index in [-0.39, 0.29) is 19.6 Å². The maximum Gasteiger partial charge on any atom is 0.309 e. The van der Waals surface area contributed by atoms with Crippen molar-refractivity contribution in [3.63, 3.8) is 0 Å². The molecule has 17 heavy (non-hydrogen) atoms. The molecule has 0 saturated carbocycles. The fourth-order valence-corrected chi connectivity index (χ4v) is 0.890. The highest BCUT2D eigenvalue weighted by atomic mass is 16.7. The van der Waals surface area contributed by atoms with E-state index in [2.05, 4.69) is 20.1 Å². The van der Waals surface area contributed by atoms with Crippen molar-refractivity contribution in [2.45, 2.75) is 12.8 Å². The molecule has 8 nitrogen and oxygen atoms in total. The average Bonchev–Trinajstić information content (AvgIpc) is 2.30. The summed E-state index contributed by atoms with van der Waals surface area (Å²) in [6.45, 7) is 1.11. The Morgan fingerprint density at radius 2 is 1.29 bits per heavy atom. The summed E-state index contributed by atoms with van der Waals surface area (Å²) in [5.74, 6) is -0.891. The molecule has 0 rings (SSSR count). The summed E-state index contributed by atoms with van der Waals surface area (Å²) in [6.07, 6.45) is 0.368. The SMILES string of the molecule is NCNCCC(=O)OCOC(=O)CCNCN. The van der Waals surface area contributed by atoms with Gasteiger partial charge in [-0.05, 0) is 0 Å². The van der Waals surface area contributed by atoms with Crippen LogP contribution in [0.3, 0.4) is 0 Å². The quantitative estimate of drug-likeness (QED) is 0.195. The lowest BCUT2D eigenvalue weighted by Gasteiger charge is -2.06. The second-order valence-corrected chi connectivity index (χ2v) is 3.06. The van der Waals surface area contributed by atoms with Gasteiger partial charge in [0.25, 0.3) is 0 Å². The van der Waals surface area contributed by atoms with Crippen LogP contribution in [-0.2, 0) is 19.1 Å². The normalized spacial score (nSPS) is 10.0. The number of esters is 2. The van der Waals surface area contributed by atoms with E-state index in [4.69, 9.17) is 11.5 Å². The van der Waals surface area contributed by atoms with Crippen LogP contribution in [0.15, 0.2) is 0 Å². The van der Waals surface area contributed by atoms with E-state index >= 15 is 0 Å². The Morgan fingerprint density at radius 3 is 1.65 bits per heavy atom. The Hall–Kier alpha value is -1.22. The van der Waals surface area contributed by atoms with Gasteiger partial charge in [-0.3, -0.25) is 9.59 Å². The molecule has 6 N–H and O–H groups in total. The number of nitrogens with one attached hydrogen (secondary N) is 2. The maximum absolute atomic E-state index is 11.0. The van der Waals surface area contributed by atoms with Crippen LogP contribution >= 0.6 is 0 Å². The lowest BCUT2D eigenvalue weighted by atomic mass is 10.4. The van der Waals surface area contributed by atoms with Crippen LogP contribution in [0.5, 0.6) is 0 Å². The largest absolute Gasteiger partial charge is 0.428 e. The zero-order chi connectivity index (χ0) is 12.9. The molecule has 0 fully saturated rings. The third-order valence-electron chi connectivity index (χ3n) is 1.74. The molecule has 0 radical (unpaired) electrons. The molecule has 0 aliphatic rings. The van der Waals surface area contributed by atoms with E-state index in [1.807, 2.05) is 0 Å². The standard InChI is InChI=1S/C9H20N4O4/c10-5-12-3-1-8(14)16-7-17-9(15)2-4-13-6-11/h12-13H,1-7,10-11H2. The highest BCUT2D eigenvalue weighted by Crippen LogP contribution is 1.89. The molecule has 0 aromatic rings. The summed E-state index contributed by atoms with van der Waals surface area (Å²) in [5, 5.41) is 5.52. The molecule has 8 heteroatoms. The lowest BCUT2D eigenvalue weighted by molar-refractivity contribution is -0.166. The van der Waals surface area contributed by atoms with Gasteiger partial charge in [-0.15, -0.1) is 0 Å². The van der Waals surface area contributed by atoms with Gasteiger partial charge in [-0.1, -0.05) is 0 Å². The Labute approximate surface area is 100.0 Å². The van der Waals surface area contributed by atoms with Crippen molar-refractivity contribution in [2.24, 2.45) is 11.5 Å². The summed E-state index contributed by atoms with van der Waals surface area (Å²) in [4.78, 5) is 22.1. The summed E-state index contributed by atoms with van der Waals surface area (Å²) >= 11 is 0. The van der Waals surface area contributed by atoms with E-state index in [0.29, 0.717) is 26.4 Å². The molecule has 0 atom stereocenters. The van der Waals surface area contributed by atoms with E-state index < -0.39 is 11.9 Å². The van der Waals surface area contributed by atoms with E-state index in [1.165, 1.54) is 0 Å². The molecule has 0 unspecified atom stereocenters. The molecule has 0 aliphatic heterocycles. The van der Waals surface area contributed by atoms with E-state index in [1.54, 1.807) is 0 Å². The Bertz CT molecular complexity index is 203. The maximum atomic E-state index is 11.0. The monoisotopic (exact) mass is 248 g/mol. The van der Waals surface area contributed by atoms with Gasteiger partial charge in [0.2, 0.25) is 6.79 Å². The van der Waals surface area contributed by atoms with Crippen molar-refractivity contribution in [1.82, 2.24) is 10.6 Å². The van der Waals surface area contributed by atoms with Crippen LogP contribution in [0.4, 0.5) is 0 Å². The predicted octanol–water partition coefficient (Wildman–Crippen LogP) is -2.18. The van der Waals surface area contributed by atoms with Crippen LogP contribution in [0, 0.1) is 0 Å². The number of rotatable bonds is 10. The first kappa shape index (κ1) is 15.8. The molecular weight excluding hydrogens is 228 g/mol. The number of carbonyl (C=O) groups excluding carboxylic acids is 2. The predicted molar refractivity (Wildman–Crippen MR) is 60.4 cm³/mol. The second kappa shape index (κ2) is 11.3. The van der Waals surface area contributed by atoms with Crippen LogP contribution in [0.1, 0.15) is 12.8 Å². The molecule has 0 saturated heterocycles. The molecule has 0 aromatic carbocycles. The first-order valence-electron chi connectivity index (χ1n) is 5.33. The van der Waals surface area contributed by atoms with Crippen LogP contribution in [0.2, 0.25) is 0 Å². The summed E-state index contributed by atoms with van der Waals surface area (Å²) < 4.78 is 9.32. The Kier molecular flexibility index (Phi) is 10.5.